The largest absolute Gasteiger partial charge is 0.493 e. The molecule has 0 aromatic heterocycles. The predicted octanol–water partition coefficient (Wildman–Crippen LogP) is 2.14. The van der Waals surface area contributed by atoms with Crippen molar-refractivity contribution in [2.24, 2.45) is 0 Å². The molecule has 0 aliphatic heterocycles. The maximum Gasteiger partial charge on any atom is 0.125 e. The molecule has 12 heavy (non-hydrogen) atoms. The minimum absolute atomic E-state index is 0.465. The van der Waals surface area contributed by atoms with Crippen LogP contribution in [-0.2, 0) is 0 Å². The molecular weight excluding hydrogens is 152 g/mol. The molecule has 0 aliphatic rings. The highest BCUT2D eigenvalue weighted by atomic mass is 16.5. The van der Waals surface area contributed by atoms with Crippen LogP contribution in [0, 0.1) is 0 Å². The first-order valence-corrected chi connectivity index (χ1v) is 4.15. The topological polar surface area (TPSA) is 29.5 Å². The third kappa shape index (κ3) is 1.98. The van der Waals surface area contributed by atoms with E-state index in [2.05, 4.69) is 0 Å². The Hall–Kier alpha value is -1.02. The van der Waals surface area contributed by atoms with Crippen LogP contribution >= 0.6 is 0 Å². The quantitative estimate of drug-likeness (QED) is 0.745. The third-order valence-corrected chi connectivity index (χ3v) is 1.67. The Labute approximate surface area is 72.8 Å². The summed E-state index contributed by atoms with van der Waals surface area (Å²) in [6.07, 6.45) is -0.465. The number of hydrogen-bond acceptors (Lipinski definition) is 2. The zero-order valence-corrected chi connectivity index (χ0v) is 7.45. The van der Waals surface area contributed by atoms with Crippen LogP contribution in [0.25, 0.3) is 0 Å². The Morgan fingerprint density at radius 3 is 2.67 bits per heavy atom. The second kappa shape index (κ2) is 4.12. The van der Waals surface area contributed by atoms with E-state index in [4.69, 9.17) is 4.74 Å². The van der Waals surface area contributed by atoms with E-state index in [0.717, 1.165) is 11.3 Å². The molecule has 0 spiro atoms. The summed E-state index contributed by atoms with van der Waals surface area (Å²) in [4.78, 5) is 0. The van der Waals surface area contributed by atoms with E-state index in [-0.39, 0.29) is 0 Å². The normalized spacial score (nSPS) is 12.6. The predicted molar refractivity (Wildman–Crippen MR) is 48.2 cm³/mol. The van der Waals surface area contributed by atoms with Gasteiger partial charge in [-0.3, -0.25) is 0 Å². The molecule has 0 amide bonds. The van der Waals surface area contributed by atoms with Gasteiger partial charge >= 0.3 is 0 Å². The Bertz CT molecular complexity index is 243. The van der Waals surface area contributed by atoms with Gasteiger partial charge in [-0.15, -0.1) is 0 Å². The number of rotatable bonds is 3. The van der Waals surface area contributed by atoms with Gasteiger partial charge in [0, 0.05) is 5.56 Å². The zero-order valence-electron chi connectivity index (χ0n) is 7.45. The fourth-order valence-electron chi connectivity index (χ4n) is 1.11. The molecule has 1 N–H and O–H groups in total. The van der Waals surface area contributed by atoms with E-state index in [9.17, 15) is 5.11 Å². The van der Waals surface area contributed by atoms with Crippen molar-refractivity contribution >= 4 is 0 Å². The Kier molecular flexibility index (Phi) is 3.11. The van der Waals surface area contributed by atoms with Gasteiger partial charge in [0.25, 0.3) is 0 Å². The number of benzene rings is 1. The number of para-hydroxylation sites is 1. The minimum Gasteiger partial charge on any atom is -0.493 e. The summed E-state index contributed by atoms with van der Waals surface area (Å²) in [6, 6.07) is 7.53. The van der Waals surface area contributed by atoms with E-state index >= 15 is 0 Å². The summed E-state index contributed by atoms with van der Waals surface area (Å²) < 4.78 is 5.34. The first-order chi connectivity index (χ1) is 5.75. The van der Waals surface area contributed by atoms with E-state index in [1.165, 1.54) is 0 Å². The third-order valence-electron chi connectivity index (χ3n) is 1.67. The van der Waals surface area contributed by atoms with Crippen molar-refractivity contribution in [1.29, 1.82) is 0 Å². The molecule has 1 aromatic carbocycles. The van der Waals surface area contributed by atoms with Crippen molar-refractivity contribution in [3.05, 3.63) is 29.8 Å². The zero-order chi connectivity index (χ0) is 8.97. The van der Waals surface area contributed by atoms with E-state index < -0.39 is 6.10 Å². The van der Waals surface area contributed by atoms with Crippen LogP contribution in [0.2, 0.25) is 0 Å². The van der Waals surface area contributed by atoms with Crippen molar-refractivity contribution < 1.29 is 9.84 Å². The van der Waals surface area contributed by atoms with Gasteiger partial charge in [-0.05, 0) is 19.9 Å². The summed E-state index contributed by atoms with van der Waals surface area (Å²) in [5.41, 5.74) is 0.847. The molecular formula is C10H14O2. The van der Waals surface area contributed by atoms with Gasteiger partial charge in [0.2, 0.25) is 0 Å². The molecule has 1 atom stereocenters. The fraction of sp³-hybridized carbons (Fsp3) is 0.400. The van der Waals surface area contributed by atoms with Crippen LogP contribution in [-0.4, -0.2) is 11.7 Å². The molecule has 0 saturated heterocycles. The highest BCUT2D eigenvalue weighted by Crippen LogP contribution is 2.24. The molecule has 0 saturated carbocycles. The standard InChI is InChI=1S/C10H14O2/c1-3-12-10-7-5-4-6-9(10)8(2)11/h4-8,11H,3H2,1-2H3/t8-/m1/s1. The second-order valence-corrected chi connectivity index (χ2v) is 2.65. The van der Waals surface area contributed by atoms with Gasteiger partial charge in [-0.2, -0.15) is 0 Å². The lowest BCUT2D eigenvalue weighted by Gasteiger charge is -2.11. The van der Waals surface area contributed by atoms with Crippen LogP contribution in [0.15, 0.2) is 24.3 Å². The van der Waals surface area contributed by atoms with Gasteiger partial charge < -0.3 is 9.84 Å². The molecule has 1 rings (SSSR count). The average molecular weight is 166 g/mol. The van der Waals surface area contributed by atoms with Gasteiger partial charge in [0.05, 0.1) is 12.7 Å². The molecule has 0 bridgehead atoms. The number of hydrogen-bond donors (Lipinski definition) is 1. The lowest BCUT2D eigenvalue weighted by atomic mass is 10.1. The minimum atomic E-state index is -0.465. The maximum atomic E-state index is 9.35. The summed E-state index contributed by atoms with van der Waals surface area (Å²) >= 11 is 0. The molecule has 0 aliphatic carbocycles. The smallest absolute Gasteiger partial charge is 0.125 e. The highest BCUT2D eigenvalue weighted by molar-refractivity contribution is 5.34. The van der Waals surface area contributed by atoms with Gasteiger partial charge in [-0.1, -0.05) is 18.2 Å². The Morgan fingerprint density at radius 1 is 1.42 bits per heavy atom. The van der Waals surface area contributed by atoms with Crippen LogP contribution in [0.5, 0.6) is 5.75 Å². The molecule has 66 valence electrons. The average Bonchev–Trinajstić information content (AvgIpc) is 2.05. The maximum absolute atomic E-state index is 9.35. The molecule has 2 heteroatoms. The van der Waals surface area contributed by atoms with E-state index in [1.807, 2.05) is 31.2 Å². The van der Waals surface area contributed by atoms with Crippen molar-refractivity contribution in [1.82, 2.24) is 0 Å². The van der Waals surface area contributed by atoms with Gasteiger partial charge in [-0.25, -0.2) is 0 Å². The lowest BCUT2D eigenvalue weighted by Crippen LogP contribution is -1.98. The molecule has 0 heterocycles. The van der Waals surface area contributed by atoms with Crippen LogP contribution in [0.3, 0.4) is 0 Å². The first kappa shape index (κ1) is 9.07. The van der Waals surface area contributed by atoms with Crippen LogP contribution < -0.4 is 4.74 Å². The summed E-state index contributed by atoms with van der Waals surface area (Å²) in [5, 5.41) is 9.35. The molecule has 0 fully saturated rings. The lowest BCUT2D eigenvalue weighted by molar-refractivity contribution is 0.192. The second-order valence-electron chi connectivity index (χ2n) is 2.65. The van der Waals surface area contributed by atoms with Crippen LogP contribution in [0.1, 0.15) is 25.5 Å². The van der Waals surface area contributed by atoms with Crippen molar-refractivity contribution in [3.8, 4) is 5.75 Å². The molecule has 0 radical (unpaired) electrons. The summed E-state index contributed by atoms with van der Waals surface area (Å²) in [6.45, 7) is 4.29. The fourth-order valence-corrected chi connectivity index (χ4v) is 1.11. The van der Waals surface area contributed by atoms with E-state index in [1.54, 1.807) is 6.92 Å². The van der Waals surface area contributed by atoms with Crippen molar-refractivity contribution in [2.45, 2.75) is 20.0 Å². The summed E-state index contributed by atoms with van der Waals surface area (Å²) in [7, 11) is 0. The number of aliphatic hydroxyl groups excluding tert-OH is 1. The van der Waals surface area contributed by atoms with Gasteiger partial charge in [0.15, 0.2) is 0 Å². The molecule has 0 unspecified atom stereocenters. The van der Waals surface area contributed by atoms with E-state index in [0.29, 0.717) is 6.61 Å². The Morgan fingerprint density at radius 2 is 2.08 bits per heavy atom. The van der Waals surface area contributed by atoms with Crippen molar-refractivity contribution in [3.63, 3.8) is 0 Å². The molecule has 2 nitrogen and oxygen atoms in total. The Balaban J connectivity index is 2.92. The van der Waals surface area contributed by atoms with Crippen molar-refractivity contribution in [2.75, 3.05) is 6.61 Å². The summed E-state index contributed by atoms with van der Waals surface area (Å²) in [5.74, 6) is 0.773. The monoisotopic (exact) mass is 166 g/mol. The number of ether oxygens (including phenoxy) is 1. The number of aliphatic hydroxyl groups is 1. The molecule has 1 aromatic rings. The SMILES string of the molecule is CCOc1ccccc1[C@@H](C)O. The first-order valence-electron chi connectivity index (χ1n) is 4.15. The highest BCUT2D eigenvalue weighted by Gasteiger charge is 2.06. The van der Waals surface area contributed by atoms with Gasteiger partial charge in [0.1, 0.15) is 5.75 Å². The van der Waals surface area contributed by atoms with Crippen LogP contribution in [0.4, 0.5) is 0 Å².